The van der Waals surface area contributed by atoms with Crippen molar-refractivity contribution in [1.29, 1.82) is 0 Å². The minimum atomic E-state index is -0.877. The van der Waals surface area contributed by atoms with E-state index < -0.39 is 17.4 Å². The molecule has 130 valence electrons. The van der Waals surface area contributed by atoms with Crippen LogP contribution in [0.25, 0.3) is 0 Å². The number of anilines is 2. The monoisotopic (exact) mass is 358 g/mol. The number of fused-ring (bicyclic) bond motifs is 1. The van der Waals surface area contributed by atoms with Gasteiger partial charge in [0.1, 0.15) is 5.82 Å². The van der Waals surface area contributed by atoms with E-state index in [4.69, 9.17) is 0 Å². The second-order valence-corrected chi connectivity index (χ2v) is 6.73. The van der Waals surface area contributed by atoms with E-state index in [2.05, 4.69) is 20.6 Å². The maximum absolute atomic E-state index is 12.7. The Morgan fingerprint density at radius 1 is 1.28 bits per heavy atom. The van der Waals surface area contributed by atoms with E-state index in [1.807, 2.05) is 26.0 Å². The molecular formula is C17H18N4O3S. The molecule has 1 aromatic heterocycles. The lowest BCUT2D eigenvalue weighted by atomic mass is 9.92. The Hall–Kier alpha value is -2.61. The van der Waals surface area contributed by atoms with Crippen molar-refractivity contribution in [1.82, 2.24) is 9.97 Å². The average Bonchev–Trinajstić information content (AvgIpc) is 2.56. The highest BCUT2D eigenvalue weighted by Gasteiger charge is 2.34. The van der Waals surface area contributed by atoms with E-state index >= 15 is 0 Å². The molecule has 1 aliphatic rings. The number of aromatic amines is 1. The zero-order valence-electron chi connectivity index (χ0n) is 14.1. The molecular weight excluding hydrogens is 340 g/mol. The Labute approximate surface area is 148 Å². The first kappa shape index (κ1) is 17.2. The average molecular weight is 358 g/mol. The molecule has 0 saturated heterocycles. The molecule has 2 aromatic rings. The van der Waals surface area contributed by atoms with Crippen molar-refractivity contribution in [3.05, 3.63) is 45.2 Å². The van der Waals surface area contributed by atoms with Crippen LogP contribution in [-0.4, -0.2) is 28.0 Å². The summed E-state index contributed by atoms with van der Waals surface area (Å²) in [5.74, 6) is -1.46. The summed E-state index contributed by atoms with van der Waals surface area (Å²) in [7, 11) is 0. The van der Waals surface area contributed by atoms with Crippen molar-refractivity contribution >= 4 is 35.1 Å². The number of hydrogen-bond donors (Lipinski definition) is 3. The molecule has 3 rings (SSSR count). The summed E-state index contributed by atoms with van der Waals surface area (Å²) in [6, 6.07) is 5.56. The molecule has 0 spiro atoms. The normalized spacial score (nSPS) is 16.1. The minimum Gasteiger partial charge on any atom is -0.326 e. The topological polar surface area (TPSA) is 104 Å². The van der Waals surface area contributed by atoms with Crippen LogP contribution in [0.4, 0.5) is 11.5 Å². The van der Waals surface area contributed by atoms with Crippen LogP contribution in [0.15, 0.2) is 28.2 Å². The lowest BCUT2D eigenvalue weighted by molar-refractivity contribution is -0.123. The molecule has 2 amide bonds. The van der Waals surface area contributed by atoms with Crippen LogP contribution >= 0.6 is 11.8 Å². The van der Waals surface area contributed by atoms with E-state index in [0.29, 0.717) is 10.8 Å². The molecule has 1 atom stereocenters. The Morgan fingerprint density at radius 3 is 2.72 bits per heavy atom. The lowest BCUT2D eigenvalue weighted by Crippen LogP contribution is -2.36. The zero-order chi connectivity index (χ0) is 18.1. The number of nitrogens with one attached hydrogen (secondary N) is 3. The number of carbonyl (C=O) groups excluding carboxylic acids is 2. The molecule has 0 saturated carbocycles. The van der Waals surface area contributed by atoms with Gasteiger partial charge in [-0.15, -0.1) is 0 Å². The first-order valence-corrected chi connectivity index (χ1v) is 8.97. The van der Waals surface area contributed by atoms with Gasteiger partial charge in [0.05, 0.1) is 11.5 Å². The summed E-state index contributed by atoms with van der Waals surface area (Å²) >= 11 is 1.25. The fourth-order valence-electron chi connectivity index (χ4n) is 2.72. The summed E-state index contributed by atoms with van der Waals surface area (Å²) in [6.07, 6.45) is 1.67. The summed E-state index contributed by atoms with van der Waals surface area (Å²) in [4.78, 5) is 43.9. The second kappa shape index (κ2) is 6.72. The van der Waals surface area contributed by atoms with Crippen molar-refractivity contribution in [3.8, 4) is 0 Å². The standard InChI is InChI=1S/C17H18N4O3S/c1-8-4-5-10(6-9(8)2)18-15(23)11-7-12(22)19-14-13(11)16(24)21-17(20-14)25-3/h4-6,11H,7H2,1-3H3,(H,18,23)(H2,19,20,21,22,24)/t11-/m0/s1. The third-order valence-electron chi connectivity index (χ3n) is 4.21. The van der Waals surface area contributed by atoms with Gasteiger partial charge >= 0.3 is 0 Å². The fourth-order valence-corrected chi connectivity index (χ4v) is 3.10. The maximum atomic E-state index is 12.7. The van der Waals surface area contributed by atoms with Crippen molar-refractivity contribution < 1.29 is 9.59 Å². The summed E-state index contributed by atoms with van der Waals surface area (Å²) in [6.45, 7) is 3.93. The molecule has 0 fully saturated rings. The number of thioether (sulfide) groups is 1. The number of aromatic nitrogens is 2. The molecule has 25 heavy (non-hydrogen) atoms. The Balaban J connectivity index is 1.95. The van der Waals surface area contributed by atoms with Gasteiger partial charge in [-0.3, -0.25) is 14.4 Å². The number of amides is 2. The van der Waals surface area contributed by atoms with Gasteiger partial charge in [-0.25, -0.2) is 4.98 Å². The summed E-state index contributed by atoms with van der Waals surface area (Å²) in [5.41, 5.74) is 2.58. The smallest absolute Gasteiger partial charge is 0.257 e. The van der Waals surface area contributed by atoms with Crippen LogP contribution in [0.3, 0.4) is 0 Å². The van der Waals surface area contributed by atoms with Crippen molar-refractivity contribution in [2.24, 2.45) is 0 Å². The van der Waals surface area contributed by atoms with Crippen LogP contribution in [0.1, 0.15) is 29.0 Å². The lowest BCUT2D eigenvalue weighted by Gasteiger charge is -2.23. The van der Waals surface area contributed by atoms with Gasteiger partial charge in [0.2, 0.25) is 11.8 Å². The highest BCUT2D eigenvalue weighted by Crippen LogP contribution is 2.30. The maximum Gasteiger partial charge on any atom is 0.257 e. The van der Waals surface area contributed by atoms with E-state index in [9.17, 15) is 14.4 Å². The van der Waals surface area contributed by atoms with Crippen LogP contribution in [0, 0.1) is 13.8 Å². The van der Waals surface area contributed by atoms with Gasteiger partial charge in [-0.05, 0) is 43.4 Å². The largest absolute Gasteiger partial charge is 0.326 e. The van der Waals surface area contributed by atoms with Gasteiger partial charge in [-0.1, -0.05) is 17.8 Å². The van der Waals surface area contributed by atoms with Crippen molar-refractivity contribution in [2.75, 3.05) is 16.9 Å². The zero-order valence-corrected chi connectivity index (χ0v) is 14.9. The van der Waals surface area contributed by atoms with Gasteiger partial charge in [0, 0.05) is 12.1 Å². The van der Waals surface area contributed by atoms with Crippen LogP contribution in [0.2, 0.25) is 0 Å². The van der Waals surface area contributed by atoms with Crippen molar-refractivity contribution in [2.45, 2.75) is 31.3 Å². The van der Waals surface area contributed by atoms with Gasteiger partial charge in [0.15, 0.2) is 5.16 Å². The van der Waals surface area contributed by atoms with Crippen LogP contribution < -0.4 is 16.2 Å². The van der Waals surface area contributed by atoms with Gasteiger partial charge in [0.25, 0.3) is 5.56 Å². The van der Waals surface area contributed by atoms with Crippen LogP contribution in [0.5, 0.6) is 0 Å². The summed E-state index contributed by atoms with van der Waals surface area (Å²) in [5, 5.41) is 5.76. The third kappa shape index (κ3) is 3.43. The highest BCUT2D eigenvalue weighted by molar-refractivity contribution is 7.98. The number of carbonyl (C=O) groups is 2. The molecule has 8 heteroatoms. The Morgan fingerprint density at radius 2 is 2.04 bits per heavy atom. The minimum absolute atomic E-state index is 0.0902. The number of benzene rings is 1. The number of hydrogen-bond acceptors (Lipinski definition) is 5. The first-order chi connectivity index (χ1) is 11.9. The predicted octanol–water partition coefficient (Wildman–Crippen LogP) is 2.17. The van der Waals surface area contributed by atoms with Crippen LogP contribution in [-0.2, 0) is 9.59 Å². The molecule has 0 aliphatic carbocycles. The number of rotatable bonds is 3. The predicted molar refractivity (Wildman–Crippen MR) is 97.2 cm³/mol. The third-order valence-corrected chi connectivity index (χ3v) is 4.79. The molecule has 1 aliphatic heterocycles. The second-order valence-electron chi connectivity index (χ2n) is 5.93. The number of H-pyrrole nitrogens is 1. The van der Waals surface area contributed by atoms with Crippen molar-refractivity contribution in [3.63, 3.8) is 0 Å². The highest BCUT2D eigenvalue weighted by atomic mass is 32.2. The molecule has 0 radical (unpaired) electrons. The molecule has 0 unspecified atom stereocenters. The number of aryl methyl sites for hydroxylation is 2. The first-order valence-electron chi connectivity index (χ1n) is 7.75. The van der Waals surface area contributed by atoms with E-state index in [1.165, 1.54) is 11.8 Å². The molecule has 0 bridgehead atoms. The Bertz CT molecular complexity index is 923. The van der Waals surface area contributed by atoms with Gasteiger partial charge in [-0.2, -0.15) is 0 Å². The quantitative estimate of drug-likeness (QED) is 0.576. The molecule has 2 heterocycles. The van der Waals surface area contributed by atoms with E-state index in [-0.39, 0.29) is 23.7 Å². The van der Waals surface area contributed by atoms with E-state index in [0.717, 1.165) is 11.1 Å². The molecule has 3 N–H and O–H groups in total. The Kier molecular flexibility index (Phi) is 4.63. The SMILES string of the molecule is CSc1nc2c(c(=O)[nH]1)[C@@H](C(=O)Nc1ccc(C)c(C)c1)CC(=O)N2. The fraction of sp³-hybridized carbons (Fsp3) is 0.294. The van der Waals surface area contributed by atoms with E-state index in [1.54, 1.807) is 12.3 Å². The molecule has 1 aromatic carbocycles. The summed E-state index contributed by atoms with van der Waals surface area (Å²) < 4.78 is 0. The van der Waals surface area contributed by atoms with Gasteiger partial charge < -0.3 is 15.6 Å². The number of nitrogens with zero attached hydrogens (tertiary/aromatic N) is 1. The molecule has 7 nitrogen and oxygen atoms in total.